The minimum absolute atomic E-state index is 0.0000360. The molecular formula is C15H16BN3O3. The molecule has 7 heteroatoms. The molecule has 0 aliphatic carbocycles. The molecule has 22 heavy (non-hydrogen) atoms. The van der Waals surface area contributed by atoms with Crippen molar-refractivity contribution in [2.75, 3.05) is 0 Å². The Morgan fingerprint density at radius 1 is 1.27 bits per heavy atom. The van der Waals surface area contributed by atoms with Gasteiger partial charge in [-0.25, -0.2) is 4.99 Å². The van der Waals surface area contributed by atoms with Crippen LogP contribution in [0, 0.1) is 5.41 Å². The van der Waals surface area contributed by atoms with E-state index in [1.807, 2.05) is 30.3 Å². The maximum atomic E-state index is 12.6. The Balaban J connectivity index is 1.77. The maximum Gasteiger partial charge on any atom is 0.490 e. The number of benzene rings is 1. The van der Waals surface area contributed by atoms with Crippen molar-refractivity contribution in [1.29, 1.82) is 5.41 Å². The summed E-state index contributed by atoms with van der Waals surface area (Å²) in [5, 5.41) is 29.6. The van der Waals surface area contributed by atoms with Crippen LogP contribution in [0.3, 0.4) is 0 Å². The molecule has 6 nitrogen and oxygen atoms in total. The van der Waals surface area contributed by atoms with Gasteiger partial charge in [0.05, 0.1) is 11.6 Å². The first kappa shape index (κ1) is 14.8. The molecule has 2 heterocycles. The number of allylic oxidation sites excluding steroid dienone is 1. The highest BCUT2D eigenvalue weighted by Crippen LogP contribution is 2.29. The summed E-state index contributed by atoms with van der Waals surface area (Å²) in [5.74, 6) is -0.512. The Bertz CT molecular complexity index is 670. The number of carbonyl (C=O) groups is 1. The summed E-state index contributed by atoms with van der Waals surface area (Å²) >= 11 is 0. The number of nitrogens with zero attached hydrogens (tertiary/aromatic N) is 1. The Hall–Kier alpha value is -2.09. The Kier molecular flexibility index (Phi) is 4.02. The predicted octanol–water partition coefficient (Wildman–Crippen LogP) is 0.419. The van der Waals surface area contributed by atoms with Crippen LogP contribution in [-0.2, 0) is 4.79 Å². The standard InChI is InChI=1S/C15H16BN3O3/c17-15-13(10(8-18-15)16(21)22)14(20)12-7-6-11(19-12)9-4-2-1-3-5-9/h1-5,8,11-12,17,19,21-22H,6-7H2/t11-,12+/m1/s1. The van der Waals surface area contributed by atoms with Gasteiger partial charge in [0.1, 0.15) is 0 Å². The first-order valence-corrected chi connectivity index (χ1v) is 7.16. The van der Waals surface area contributed by atoms with Crippen LogP contribution in [0.15, 0.2) is 46.4 Å². The van der Waals surface area contributed by atoms with E-state index in [4.69, 9.17) is 5.41 Å². The molecular weight excluding hydrogens is 281 g/mol. The monoisotopic (exact) mass is 297 g/mol. The molecule has 2 aliphatic rings. The number of aliphatic imine (C=N–C) groups is 1. The summed E-state index contributed by atoms with van der Waals surface area (Å²) in [5.41, 5.74) is 1.12. The number of ketones is 1. The van der Waals surface area contributed by atoms with Crippen molar-refractivity contribution in [3.05, 3.63) is 46.9 Å². The average molecular weight is 297 g/mol. The van der Waals surface area contributed by atoms with E-state index in [-0.39, 0.29) is 28.7 Å². The number of hydrogen-bond acceptors (Lipinski definition) is 5. The molecule has 0 bridgehead atoms. The zero-order valence-corrected chi connectivity index (χ0v) is 11.9. The van der Waals surface area contributed by atoms with E-state index in [0.717, 1.165) is 12.0 Å². The number of Topliss-reactive ketones (excluding diaryl/α,β-unsaturated/α-hetero) is 1. The minimum atomic E-state index is -1.79. The van der Waals surface area contributed by atoms with Gasteiger partial charge in [0, 0.05) is 17.7 Å². The van der Waals surface area contributed by atoms with E-state index in [0.29, 0.717) is 6.42 Å². The summed E-state index contributed by atoms with van der Waals surface area (Å²) in [4.78, 5) is 16.3. The van der Waals surface area contributed by atoms with Gasteiger partial charge in [-0.1, -0.05) is 30.3 Å². The number of carbonyl (C=O) groups excluding carboxylic acids is 1. The third-order valence-corrected chi connectivity index (χ3v) is 4.05. The molecule has 1 aromatic carbocycles. The Labute approximate surface area is 128 Å². The van der Waals surface area contributed by atoms with Crippen LogP contribution in [0.1, 0.15) is 24.4 Å². The van der Waals surface area contributed by atoms with Crippen LogP contribution in [0.5, 0.6) is 0 Å². The molecule has 112 valence electrons. The van der Waals surface area contributed by atoms with Gasteiger partial charge in [-0.05, 0) is 18.4 Å². The maximum absolute atomic E-state index is 12.6. The fourth-order valence-corrected chi connectivity index (χ4v) is 2.93. The van der Waals surface area contributed by atoms with E-state index in [1.54, 1.807) is 0 Å². The molecule has 0 amide bonds. The largest absolute Gasteiger partial charge is 0.490 e. The summed E-state index contributed by atoms with van der Waals surface area (Å²) in [6, 6.07) is 9.52. The van der Waals surface area contributed by atoms with Gasteiger partial charge < -0.3 is 15.4 Å². The van der Waals surface area contributed by atoms with Crippen LogP contribution < -0.4 is 5.32 Å². The molecule has 1 saturated heterocycles. The van der Waals surface area contributed by atoms with E-state index in [1.165, 1.54) is 6.21 Å². The minimum Gasteiger partial charge on any atom is -0.423 e. The molecule has 4 N–H and O–H groups in total. The highest BCUT2D eigenvalue weighted by Gasteiger charge is 2.37. The second kappa shape index (κ2) is 5.96. The highest BCUT2D eigenvalue weighted by atomic mass is 16.4. The van der Waals surface area contributed by atoms with Crippen LogP contribution in [-0.4, -0.2) is 41.0 Å². The van der Waals surface area contributed by atoms with Crippen LogP contribution in [0.25, 0.3) is 0 Å². The zero-order valence-electron chi connectivity index (χ0n) is 11.9. The molecule has 2 atom stereocenters. The van der Waals surface area contributed by atoms with Gasteiger partial charge in [0.15, 0.2) is 11.6 Å². The molecule has 0 unspecified atom stereocenters. The van der Waals surface area contributed by atoms with Gasteiger partial charge in [0.2, 0.25) is 0 Å². The van der Waals surface area contributed by atoms with E-state index >= 15 is 0 Å². The molecule has 0 saturated carbocycles. The normalized spacial score (nSPS) is 24.2. The lowest BCUT2D eigenvalue weighted by Gasteiger charge is -2.15. The first-order valence-electron chi connectivity index (χ1n) is 7.16. The fraction of sp³-hybridized carbons (Fsp3) is 0.267. The average Bonchev–Trinajstić information content (AvgIpc) is 3.14. The molecule has 0 aromatic heterocycles. The van der Waals surface area contributed by atoms with E-state index < -0.39 is 13.2 Å². The first-order chi connectivity index (χ1) is 10.6. The second-order valence-electron chi connectivity index (χ2n) is 5.43. The Morgan fingerprint density at radius 3 is 2.68 bits per heavy atom. The van der Waals surface area contributed by atoms with Crippen molar-refractivity contribution in [3.8, 4) is 0 Å². The summed E-state index contributed by atoms with van der Waals surface area (Å²) < 4.78 is 0. The van der Waals surface area contributed by atoms with Crippen molar-refractivity contribution in [1.82, 2.24) is 5.32 Å². The molecule has 0 radical (unpaired) electrons. The lowest BCUT2D eigenvalue weighted by Crippen LogP contribution is -2.35. The predicted molar refractivity (Wildman–Crippen MR) is 83.8 cm³/mol. The number of rotatable bonds is 4. The number of amidine groups is 1. The van der Waals surface area contributed by atoms with Crippen LogP contribution >= 0.6 is 0 Å². The zero-order chi connectivity index (χ0) is 15.7. The highest BCUT2D eigenvalue weighted by molar-refractivity contribution is 6.61. The third-order valence-electron chi connectivity index (χ3n) is 4.05. The van der Waals surface area contributed by atoms with Crippen molar-refractivity contribution < 1.29 is 14.8 Å². The molecule has 0 spiro atoms. The van der Waals surface area contributed by atoms with Crippen LogP contribution in [0.4, 0.5) is 0 Å². The van der Waals surface area contributed by atoms with Gasteiger partial charge in [-0.3, -0.25) is 10.2 Å². The third kappa shape index (κ3) is 2.66. The fourth-order valence-electron chi connectivity index (χ4n) is 2.93. The van der Waals surface area contributed by atoms with Crippen molar-refractivity contribution in [2.24, 2.45) is 4.99 Å². The summed E-state index contributed by atoms with van der Waals surface area (Å²) in [7, 11) is -1.79. The molecule has 1 aromatic rings. The molecule has 2 aliphatic heterocycles. The van der Waals surface area contributed by atoms with Gasteiger partial charge in [-0.2, -0.15) is 0 Å². The van der Waals surface area contributed by atoms with E-state index in [2.05, 4.69) is 10.3 Å². The van der Waals surface area contributed by atoms with Gasteiger partial charge in [-0.15, -0.1) is 0 Å². The number of nitrogens with one attached hydrogen (secondary N) is 2. The van der Waals surface area contributed by atoms with Crippen molar-refractivity contribution in [2.45, 2.75) is 24.9 Å². The summed E-state index contributed by atoms with van der Waals surface area (Å²) in [6.07, 6.45) is 2.63. The SMILES string of the molecule is N=C1N=CC(B(O)O)=C1C(=O)[C@@H]1CC[C@H](c2ccccc2)N1. The molecule has 3 rings (SSSR count). The smallest absolute Gasteiger partial charge is 0.423 e. The topological polar surface area (TPSA) is 106 Å². The van der Waals surface area contributed by atoms with Gasteiger partial charge >= 0.3 is 7.12 Å². The van der Waals surface area contributed by atoms with Gasteiger partial charge in [0.25, 0.3) is 0 Å². The summed E-state index contributed by atoms with van der Waals surface area (Å²) in [6.45, 7) is 0. The second-order valence-corrected chi connectivity index (χ2v) is 5.43. The Morgan fingerprint density at radius 2 is 2.00 bits per heavy atom. The van der Waals surface area contributed by atoms with Crippen molar-refractivity contribution >= 4 is 25.0 Å². The quantitative estimate of drug-likeness (QED) is 0.604. The van der Waals surface area contributed by atoms with Crippen molar-refractivity contribution in [3.63, 3.8) is 0 Å². The van der Waals surface area contributed by atoms with E-state index in [9.17, 15) is 14.8 Å². The van der Waals surface area contributed by atoms with Crippen LogP contribution in [0.2, 0.25) is 0 Å². The molecule has 1 fully saturated rings. The lowest BCUT2D eigenvalue weighted by molar-refractivity contribution is -0.116. The number of hydrogen-bond donors (Lipinski definition) is 4. The lowest BCUT2D eigenvalue weighted by atomic mass is 9.76.